The minimum Gasteiger partial charge on any atom is -0.309 e. The first-order chi connectivity index (χ1) is 16.2. The highest BCUT2D eigenvalue weighted by molar-refractivity contribution is 7.89. The maximum absolute atomic E-state index is 13.0. The van der Waals surface area contributed by atoms with Gasteiger partial charge in [0.1, 0.15) is 10.7 Å². The molecular formula is C22H25N5O5S2. The summed E-state index contributed by atoms with van der Waals surface area (Å²) >= 11 is 1.61. The number of nitro benzene ring substituents is 1. The first-order valence-electron chi connectivity index (χ1n) is 11.2. The number of rotatable bonds is 5. The van der Waals surface area contributed by atoms with Crippen molar-refractivity contribution >= 4 is 37.3 Å². The predicted molar refractivity (Wildman–Crippen MR) is 129 cm³/mol. The number of sulfonamides is 1. The molecule has 2 aliphatic rings. The summed E-state index contributed by atoms with van der Waals surface area (Å²) in [5.41, 5.74) is 0.616. The number of thiophene rings is 1. The third kappa shape index (κ3) is 4.15. The molecule has 34 heavy (non-hydrogen) atoms. The summed E-state index contributed by atoms with van der Waals surface area (Å²) < 4.78 is 27.3. The first-order valence-corrected chi connectivity index (χ1v) is 13.5. The van der Waals surface area contributed by atoms with E-state index in [4.69, 9.17) is 4.98 Å². The van der Waals surface area contributed by atoms with Crippen molar-refractivity contribution in [2.24, 2.45) is 5.92 Å². The van der Waals surface area contributed by atoms with Crippen molar-refractivity contribution in [3.05, 3.63) is 61.0 Å². The molecule has 0 unspecified atom stereocenters. The van der Waals surface area contributed by atoms with Crippen LogP contribution in [0.4, 0.5) is 5.69 Å². The van der Waals surface area contributed by atoms with Crippen LogP contribution in [0.2, 0.25) is 0 Å². The molecule has 0 bridgehead atoms. The summed E-state index contributed by atoms with van der Waals surface area (Å²) in [5, 5.41) is 12.0. The molecule has 3 heterocycles. The third-order valence-electron chi connectivity index (χ3n) is 6.60. The Morgan fingerprint density at radius 1 is 1.24 bits per heavy atom. The topological polar surface area (TPSA) is 130 Å². The van der Waals surface area contributed by atoms with Gasteiger partial charge in [-0.25, -0.2) is 13.4 Å². The van der Waals surface area contributed by atoms with Crippen molar-refractivity contribution in [1.29, 1.82) is 0 Å². The highest BCUT2D eigenvalue weighted by Gasteiger charge is 2.33. The predicted octanol–water partition coefficient (Wildman–Crippen LogP) is 2.52. The van der Waals surface area contributed by atoms with Crippen molar-refractivity contribution in [2.45, 2.75) is 37.6 Å². The number of para-hydroxylation sites is 1. The van der Waals surface area contributed by atoms with Crippen LogP contribution in [0.3, 0.4) is 0 Å². The van der Waals surface area contributed by atoms with Crippen LogP contribution in [0.5, 0.6) is 0 Å². The van der Waals surface area contributed by atoms with E-state index in [0.717, 1.165) is 35.0 Å². The smallest absolute Gasteiger partial charge is 0.289 e. The van der Waals surface area contributed by atoms with Crippen LogP contribution in [0.1, 0.15) is 29.6 Å². The molecule has 3 aromatic rings. The van der Waals surface area contributed by atoms with Gasteiger partial charge in [-0.05, 0) is 36.8 Å². The largest absolute Gasteiger partial charge is 0.309 e. The number of aromatic nitrogens is 2. The summed E-state index contributed by atoms with van der Waals surface area (Å²) in [6.07, 6.45) is 2.98. The van der Waals surface area contributed by atoms with E-state index in [2.05, 4.69) is 11.9 Å². The van der Waals surface area contributed by atoms with Crippen molar-refractivity contribution in [1.82, 2.24) is 19.2 Å². The van der Waals surface area contributed by atoms with E-state index < -0.39 is 20.6 Å². The molecule has 1 atom stereocenters. The van der Waals surface area contributed by atoms with E-state index in [0.29, 0.717) is 31.4 Å². The Morgan fingerprint density at radius 2 is 1.97 bits per heavy atom. The molecule has 5 rings (SSSR count). The molecule has 12 heteroatoms. The Morgan fingerprint density at radius 3 is 2.71 bits per heavy atom. The van der Waals surface area contributed by atoms with Crippen LogP contribution in [0, 0.1) is 16.0 Å². The zero-order valence-electron chi connectivity index (χ0n) is 18.7. The fraction of sp³-hybridized carbons (Fsp3) is 0.455. The molecule has 1 fully saturated rings. The van der Waals surface area contributed by atoms with Gasteiger partial charge >= 0.3 is 0 Å². The Balaban J connectivity index is 1.31. The lowest BCUT2D eigenvalue weighted by molar-refractivity contribution is -0.387. The summed E-state index contributed by atoms with van der Waals surface area (Å²) in [7, 11) is -3.98. The molecule has 0 amide bonds. The standard InChI is InChI=1S/C22H25N5O5S2/c1-14-6-7-15-17(12-14)33-22-20(15)21(28)23-19(24-22)13-25-8-10-26(11-9-25)34(31,32)18-5-3-2-4-16(18)27(29)30/h2-5,14H,6-13H2,1H3,(H,23,24,28)/t14-/m1/s1. The van der Waals surface area contributed by atoms with Gasteiger partial charge in [0.05, 0.1) is 16.9 Å². The lowest BCUT2D eigenvalue weighted by Crippen LogP contribution is -2.48. The molecule has 1 saturated heterocycles. The van der Waals surface area contributed by atoms with Crippen molar-refractivity contribution in [3.8, 4) is 0 Å². The summed E-state index contributed by atoms with van der Waals surface area (Å²) in [6.45, 7) is 3.90. The fourth-order valence-corrected chi connectivity index (χ4v) is 7.76. The number of aromatic amines is 1. The van der Waals surface area contributed by atoms with Gasteiger partial charge in [-0.1, -0.05) is 19.1 Å². The summed E-state index contributed by atoms with van der Waals surface area (Å²) in [5.74, 6) is 1.18. The van der Waals surface area contributed by atoms with Gasteiger partial charge in [0.15, 0.2) is 4.90 Å². The minimum atomic E-state index is -3.98. The van der Waals surface area contributed by atoms with Crippen LogP contribution in [0.15, 0.2) is 34.0 Å². The van der Waals surface area contributed by atoms with Crippen LogP contribution in [-0.2, 0) is 29.4 Å². The maximum Gasteiger partial charge on any atom is 0.289 e. The second-order valence-corrected chi connectivity index (χ2v) is 11.9. The molecule has 1 N–H and O–H groups in total. The number of nitrogens with one attached hydrogen (secondary N) is 1. The number of aryl methyl sites for hydroxylation is 1. The number of fused-ring (bicyclic) bond motifs is 3. The average molecular weight is 504 g/mol. The zero-order valence-corrected chi connectivity index (χ0v) is 20.3. The first kappa shape index (κ1) is 23.1. The molecule has 180 valence electrons. The maximum atomic E-state index is 13.0. The molecule has 2 aromatic heterocycles. The van der Waals surface area contributed by atoms with Gasteiger partial charge in [0, 0.05) is 37.1 Å². The van der Waals surface area contributed by atoms with Gasteiger partial charge in [0.25, 0.3) is 11.2 Å². The molecule has 1 aliphatic heterocycles. The quantitative estimate of drug-likeness (QED) is 0.418. The Hall–Kier alpha value is -2.67. The highest BCUT2D eigenvalue weighted by atomic mass is 32.2. The zero-order chi connectivity index (χ0) is 24.0. The van der Waals surface area contributed by atoms with Gasteiger partial charge in [-0.2, -0.15) is 4.31 Å². The number of hydrogen-bond acceptors (Lipinski definition) is 8. The van der Waals surface area contributed by atoms with Gasteiger partial charge in [-0.15, -0.1) is 11.3 Å². The van der Waals surface area contributed by atoms with Gasteiger partial charge in [0.2, 0.25) is 10.0 Å². The number of piperazine rings is 1. The molecule has 0 saturated carbocycles. The number of hydrogen-bond donors (Lipinski definition) is 1. The van der Waals surface area contributed by atoms with Crippen LogP contribution in [-0.4, -0.2) is 58.7 Å². The van der Waals surface area contributed by atoms with Crippen LogP contribution >= 0.6 is 11.3 Å². The van der Waals surface area contributed by atoms with Gasteiger partial charge < -0.3 is 4.98 Å². The van der Waals surface area contributed by atoms with E-state index in [9.17, 15) is 23.3 Å². The fourth-order valence-electron chi connectivity index (χ4n) is 4.77. The summed E-state index contributed by atoms with van der Waals surface area (Å²) in [6, 6.07) is 5.40. The van der Waals surface area contributed by atoms with E-state index >= 15 is 0 Å². The number of H-pyrrole nitrogens is 1. The summed E-state index contributed by atoms with van der Waals surface area (Å²) in [4.78, 5) is 34.9. The molecule has 0 spiro atoms. The van der Waals surface area contributed by atoms with Crippen molar-refractivity contribution < 1.29 is 13.3 Å². The Kier molecular flexibility index (Phi) is 6.00. The van der Waals surface area contributed by atoms with Crippen molar-refractivity contribution in [2.75, 3.05) is 26.2 Å². The molecule has 0 radical (unpaired) electrons. The highest BCUT2D eigenvalue weighted by Crippen LogP contribution is 2.35. The van der Waals surface area contributed by atoms with E-state index in [1.165, 1.54) is 33.4 Å². The Bertz CT molecular complexity index is 1420. The number of benzene rings is 1. The van der Waals surface area contributed by atoms with Crippen molar-refractivity contribution in [3.63, 3.8) is 0 Å². The Labute approximate surface area is 200 Å². The second-order valence-electron chi connectivity index (χ2n) is 8.95. The molecular weight excluding hydrogens is 478 g/mol. The third-order valence-corrected chi connectivity index (χ3v) is 9.69. The molecule has 1 aliphatic carbocycles. The van der Waals surface area contributed by atoms with E-state index in [1.54, 1.807) is 11.3 Å². The minimum absolute atomic E-state index is 0.107. The number of nitrogens with zero attached hydrogens (tertiary/aromatic N) is 4. The van der Waals surface area contributed by atoms with Crippen LogP contribution in [0.25, 0.3) is 10.2 Å². The molecule has 10 nitrogen and oxygen atoms in total. The van der Waals surface area contributed by atoms with E-state index in [-0.39, 0.29) is 23.5 Å². The average Bonchev–Trinajstić information content (AvgIpc) is 3.17. The number of nitro groups is 1. The molecule has 1 aromatic carbocycles. The van der Waals surface area contributed by atoms with Gasteiger partial charge in [-0.3, -0.25) is 19.8 Å². The van der Waals surface area contributed by atoms with Crippen LogP contribution < -0.4 is 5.56 Å². The second kappa shape index (κ2) is 8.84. The normalized spacial score (nSPS) is 19.9. The monoisotopic (exact) mass is 503 g/mol. The lowest BCUT2D eigenvalue weighted by atomic mass is 9.89. The SMILES string of the molecule is C[C@@H]1CCc2c(sc3nc(CN4CCN(S(=O)(=O)c5ccccc5[N+](=O)[O-])CC4)[nH]c(=O)c23)C1. The lowest BCUT2D eigenvalue weighted by Gasteiger charge is -2.33. The van der Waals surface area contributed by atoms with E-state index in [1.807, 2.05) is 4.90 Å².